The number of phenols is 1. The molecule has 0 spiro atoms. The number of carboxylic acids is 3. The Bertz CT molecular complexity index is 2950. The molecule has 0 bridgehead atoms. The van der Waals surface area contributed by atoms with Gasteiger partial charge in [-0.2, -0.15) is 0 Å². The fourth-order valence-electron chi connectivity index (χ4n) is 10.5. The highest BCUT2D eigenvalue weighted by Gasteiger charge is 2.35. The minimum Gasteiger partial charge on any atom is -0.508 e. The Labute approximate surface area is 537 Å². The molecule has 0 radical (unpaired) electrons. The van der Waals surface area contributed by atoms with E-state index in [2.05, 4.69) is 47.5 Å². The van der Waals surface area contributed by atoms with Crippen LogP contribution in [0.25, 0.3) is 0 Å². The maximum atomic E-state index is 14.7. The molecule has 1 fully saturated rings. The molecule has 0 aliphatic carbocycles. The number of hydrogen-bond acceptors (Lipinski definition) is 19. The number of carbonyl (C=O) groups excluding carboxylic acids is 6. The summed E-state index contributed by atoms with van der Waals surface area (Å²) in [5.74, 6) is -8.66. The van der Waals surface area contributed by atoms with Crippen LogP contribution in [0.4, 0.5) is 19.3 Å². The molecule has 512 valence electrons. The van der Waals surface area contributed by atoms with Crippen molar-refractivity contribution in [3.8, 4) is 5.75 Å². The first kappa shape index (κ1) is 75.1. The number of aromatic hydroxyl groups is 1. The lowest BCUT2D eigenvalue weighted by Gasteiger charge is -2.32. The van der Waals surface area contributed by atoms with Gasteiger partial charge in [0.2, 0.25) is 29.5 Å². The summed E-state index contributed by atoms with van der Waals surface area (Å²) in [7, 11) is 0. The second-order valence-electron chi connectivity index (χ2n) is 22.6. The number of phenolic OH excluding ortho intramolecular Hbond substituents is 1. The minimum absolute atomic E-state index is 0.0118. The van der Waals surface area contributed by atoms with Crippen LogP contribution in [0.2, 0.25) is 0 Å². The van der Waals surface area contributed by atoms with Gasteiger partial charge in [0, 0.05) is 141 Å². The van der Waals surface area contributed by atoms with Crippen LogP contribution in [0.15, 0.2) is 65.7 Å². The summed E-state index contributed by atoms with van der Waals surface area (Å²) < 4.78 is 29.5. The Kier molecular flexibility index (Phi) is 32.0. The van der Waals surface area contributed by atoms with E-state index in [0.717, 1.165) is 16.8 Å². The largest absolute Gasteiger partial charge is 0.508 e. The fourth-order valence-corrected chi connectivity index (χ4v) is 10.5. The molecule has 7 amide bonds. The fraction of sp³-hybridized carbons (Fsp3) is 0.541. The molecular weight excluding hydrogens is 1220 g/mol. The van der Waals surface area contributed by atoms with Gasteiger partial charge in [-0.25, -0.2) is 13.6 Å². The SMILES string of the molecule is CCC(=O)NCCNC(=O)NC(N)=NCCC[C@@H](NC(=O)[C@H](c1ccccc1)N1Cc2cccc(NCCCNC(=O)C[C@H](O)C[C@H](O)CCNC(=O)CN3CCN(CC(=O)O)CCN(CC(=O)O)CCN(CC(=O)O)CC3)c2C1)C(=O)NCc1c(F)cc(O)cc1F. The maximum Gasteiger partial charge on any atom is 0.321 e. The highest BCUT2D eigenvalue weighted by atomic mass is 19.1. The number of nitrogens with one attached hydrogen (secondary N) is 8. The summed E-state index contributed by atoms with van der Waals surface area (Å²) in [6, 6.07) is 13.1. The number of hydrogen-bond donors (Lipinski definition) is 15. The molecule has 2 aliphatic rings. The van der Waals surface area contributed by atoms with Crippen molar-refractivity contribution in [2.24, 2.45) is 10.7 Å². The topological polar surface area (TPSA) is 426 Å². The lowest BCUT2D eigenvalue weighted by atomic mass is 10.0. The third-order valence-electron chi connectivity index (χ3n) is 15.3. The number of anilines is 1. The Morgan fingerprint density at radius 2 is 1.18 bits per heavy atom. The monoisotopic (exact) mass is 1310 g/mol. The first-order valence-electron chi connectivity index (χ1n) is 30.9. The first-order chi connectivity index (χ1) is 44.5. The van der Waals surface area contributed by atoms with Crippen molar-refractivity contribution < 1.29 is 82.6 Å². The number of nitrogens with two attached hydrogens (primary N) is 1. The molecule has 3 aromatic rings. The molecule has 5 rings (SSSR count). The van der Waals surface area contributed by atoms with Gasteiger partial charge >= 0.3 is 23.9 Å². The van der Waals surface area contributed by atoms with Crippen LogP contribution in [0.5, 0.6) is 5.75 Å². The predicted octanol–water partition coefficient (Wildman–Crippen LogP) is -1.15. The van der Waals surface area contributed by atoms with Gasteiger partial charge in [-0.1, -0.05) is 49.4 Å². The maximum absolute atomic E-state index is 14.7. The van der Waals surface area contributed by atoms with E-state index >= 15 is 0 Å². The van der Waals surface area contributed by atoms with E-state index in [1.807, 2.05) is 23.1 Å². The zero-order valence-electron chi connectivity index (χ0n) is 52.3. The third-order valence-corrected chi connectivity index (χ3v) is 15.3. The summed E-state index contributed by atoms with van der Waals surface area (Å²) in [6.45, 7) is 3.51. The smallest absolute Gasteiger partial charge is 0.321 e. The van der Waals surface area contributed by atoms with Crippen LogP contribution in [0, 0.1) is 11.6 Å². The van der Waals surface area contributed by atoms with Crippen LogP contribution in [-0.2, 0) is 58.0 Å². The average molecular weight is 1310 g/mol. The van der Waals surface area contributed by atoms with Crippen molar-refractivity contribution in [2.75, 3.05) is 123 Å². The molecule has 4 atom stereocenters. The van der Waals surface area contributed by atoms with Crippen molar-refractivity contribution in [3.63, 3.8) is 0 Å². The predicted molar refractivity (Wildman–Crippen MR) is 336 cm³/mol. The molecule has 0 aromatic heterocycles. The standard InChI is InChI=1S/C61H89F2N15O15/c1-2-51(82)68-19-20-70-61(93)73-60(64)69-15-7-13-50(58(91)71-33-45-47(62)30-44(81)31-48(45)63)72-59(92)57(40-9-4-3-5-10-40)78-34-41-11-6-12-49(46(41)35-78)65-16-8-17-66-52(83)32-43(80)29-42(79)14-18-67-53(84)36-74-21-23-75(37-54(85)86)25-27-77(39-56(89)90)28-26-76(24-22-74)38-55(87)88/h3-6,9-12,30-31,42-43,50,57,65,79-81H,2,7-8,13-29,32-39H2,1H3,(H,66,83)(H,67,84)(H,68,82)(H,71,91)(H,72,92)(H,85,86)(H,87,88)(H,89,90)(H4,64,69,70,73,93)/t42-,43-,50-,57+/m1/s1. The minimum atomic E-state index is -1.26. The molecule has 93 heavy (non-hydrogen) atoms. The second kappa shape index (κ2) is 39.7. The Morgan fingerprint density at radius 1 is 0.613 bits per heavy atom. The number of fused-ring (bicyclic) bond motifs is 1. The molecule has 1 saturated heterocycles. The summed E-state index contributed by atoms with van der Waals surface area (Å²) in [4.78, 5) is 126. The summed E-state index contributed by atoms with van der Waals surface area (Å²) in [5, 5.41) is 81.3. The molecular formula is C61H89F2N15O15. The van der Waals surface area contributed by atoms with E-state index < -0.39 is 101 Å². The van der Waals surface area contributed by atoms with Gasteiger partial charge in [0.1, 0.15) is 29.5 Å². The van der Waals surface area contributed by atoms with Crippen LogP contribution in [0.1, 0.15) is 80.2 Å². The van der Waals surface area contributed by atoms with E-state index in [1.165, 1.54) is 0 Å². The lowest BCUT2D eigenvalue weighted by Crippen LogP contribution is -2.50. The number of aliphatic hydroxyl groups is 2. The van der Waals surface area contributed by atoms with E-state index in [1.54, 1.807) is 56.9 Å². The van der Waals surface area contributed by atoms with Crippen molar-refractivity contribution in [3.05, 3.63) is 94.6 Å². The number of benzene rings is 3. The third kappa shape index (κ3) is 28.0. The molecule has 0 unspecified atom stereocenters. The number of aliphatic carboxylic acids is 3. The van der Waals surface area contributed by atoms with Crippen molar-refractivity contribution in [1.82, 2.24) is 61.7 Å². The van der Waals surface area contributed by atoms with E-state index in [-0.39, 0.29) is 162 Å². The Morgan fingerprint density at radius 3 is 1.77 bits per heavy atom. The number of carboxylic acid groups (broad SMARTS) is 3. The highest BCUT2D eigenvalue weighted by molar-refractivity contribution is 5.95. The number of guanidine groups is 1. The number of aliphatic imine (C=N–C) groups is 1. The molecule has 3 aromatic carbocycles. The Balaban J connectivity index is 1.09. The highest BCUT2D eigenvalue weighted by Crippen LogP contribution is 2.35. The van der Waals surface area contributed by atoms with Gasteiger partial charge < -0.3 is 73.6 Å². The summed E-state index contributed by atoms with van der Waals surface area (Å²) >= 11 is 0. The lowest BCUT2D eigenvalue weighted by molar-refractivity contribution is -0.140. The molecule has 0 saturated carbocycles. The van der Waals surface area contributed by atoms with Crippen LogP contribution in [-0.4, -0.2) is 251 Å². The average Bonchev–Trinajstić information content (AvgIpc) is 1.67. The van der Waals surface area contributed by atoms with Crippen LogP contribution >= 0.6 is 0 Å². The molecule has 32 heteroatoms. The van der Waals surface area contributed by atoms with Gasteiger partial charge in [0.15, 0.2) is 5.96 Å². The number of rotatable bonds is 35. The van der Waals surface area contributed by atoms with E-state index in [9.17, 15) is 82.6 Å². The molecule has 2 heterocycles. The van der Waals surface area contributed by atoms with Crippen molar-refractivity contribution in [2.45, 2.75) is 95.8 Å². The molecule has 16 N–H and O–H groups in total. The number of nitrogens with zero attached hydrogens (tertiary/aromatic N) is 6. The van der Waals surface area contributed by atoms with Gasteiger partial charge in [0.25, 0.3) is 0 Å². The van der Waals surface area contributed by atoms with Gasteiger partial charge in [-0.05, 0) is 54.9 Å². The number of urea groups is 1. The number of carbonyl (C=O) groups is 9. The molecule has 30 nitrogen and oxygen atoms in total. The quantitative estimate of drug-likeness (QED) is 0.0188. The van der Waals surface area contributed by atoms with Crippen molar-refractivity contribution >= 4 is 65.1 Å². The zero-order valence-corrected chi connectivity index (χ0v) is 52.3. The van der Waals surface area contributed by atoms with E-state index in [4.69, 9.17) is 5.73 Å². The normalized spacial score (nSPS) is 16.0. The van der Waals surface area contributed by atoms with Gasteiger partial charge in [-0.15, -0.1) is 0 Å². The molecule has 2 aliphatic heterocycles. The first-order valence-corrected chi connectivity index (χ1v) is 30.9. The summed E-state index contributed by atoms with van der Waals surface area (Å²) in [5.41, 5.74) is 8.62. The number of halogens is 2. The number of aliphatic hydroxyl groups excluding tert-OH is 2. The number of amides is 7. The van der Waals surface area contributed by atoms with Crippen LogP contribution < -0.4 is 48.3 Å². The van der Waals surface area contributed by atoms with E-state index in [0.29, 0.717) is 43.8 Å². The Hall–Kier alpha value is -8.66. The summed E-state index contributed by atoms with van der Waals surface area (Å²) in [6.07, 6.45) is -1.79. The van der Waals surface area contributed by atoms with Gasteiger partial charge in [0.05, 0.1) is 44.8 Å². The second-order valence-corrected chi connectivity index (χ2v) is 22.6. The van der Waals surface area contributed by atoms with Crippen molar-refractivity contribution in [1.29, 1.82) is 0 Å². The van der Waals surface area contributed by atoms with Gasteiger partial charge in [-0.3, -0.25) is 73.2 Å². The zero-order chi connectivity index (χ0) is 67.8. The van der Waals surface area contributed by atoms with Crippen LogP contribution in [0.3, 0.4) is 0 Å².